The van der Waals surface area contributed by atoms with Crippen LogP contribution in [0.1, 0.15) is 25.7 Å². The van der Waals surface area contributed by atoms with E-state index in [-0.39, 0.29) is 17.5 Å². The second-order valence-corrected chi connectivity index (χ2v) is 10.1. The fourth-order valence-electron chi connectivity index (χ4n) is 2.28. The van der Waals surface area contributed by atoms with Gasteiger partial charge in [-0.25, -0.2) is 8.42 Å². The molecule has 19 heavy (non-hydrogen) atoms. The smallest absolute Gasteiger partial charge is 0.245 e. The molecule has 1 atom stereocenters. The molecule has 1 fully saturated rings. The third-order valence-electron chi connectivity index (χ3n) is 3.25. The Morgan fingerprint density at radius 2 is 2.11 bits per heavy atom. The lowest BCUT2D eigenvalue weighted by molar-refractivity contribution is 0.186. The molecule has 0 aromatic carbocycles. The summed E-state index contributed by atoms with van der Waals surface area (Å²) in [7, 11) is -3.55. The first kappa shape index (κ1) is 15.9. The third-order valence-corrected chi connectivity index (χ3v) is 7.95. The predicted molar refractivity (Wildman–Crippen MR) is 83.0 cm³/mol. The van der Waals surface area contributed by atoms with Gasteiger partial charge in [0.2, 0.25) is 10.0 Å². The summed E-state index contributed by atoms with van der Waals surface area (Å²) in [6.45, 7) is 0.357. The minimum Gasteiger partial charge on any atom is -0.395 e. The standard InChI is InChI=1S/C11H15Br2NO3S2/c12-10-6-9(11(13)18-10)19(16,17)14-5-3-1-2-4-8(14)7-15/h6,8,15H,1-5,7H2. The Bertz CT molecular complexity index is 544. The zero-order valence-electron chi connectivity index (χ0n) is 10.2. The van der Waals surface area contributed by atoms with Crippen molar-refractivity contribution in [1.82, 2.24) is 4.31 Å². The lowest BCUT2D eigenvalue weighted by Gasteiger charge is -2.27. The second-order valence-electron chi connectivity index (χ2n) is 4.49. The molecule has 4 nitrogen and oxygen atoms in total. The molecule has 0 spiro atoms. The maximum absolute atomic E-state index is 12.7. The molecule has 1 unspecified atom stereocenters. The van der Waals surface area contributed by atoms with Gasteiger partial charge in [0.1, 0.15) is 4.90 Å². The third kappa shape index (κ3) is 3.41. The normalized spacial score (nSPS) is 22.4. The van der Waals surface area contributed by atoms with Gasteiger partial charge in [-0.3, -0.25) is 0 Å². The molecule has 1 aliphatic rings. The van der Waals surface area contributed by atoms with Gasteiger partial charge in [0.05, 0.1) is 14.2 Å². The molecule has 8 heteroatoms. The zero-order valence-corrected chi connectivity index (χ0v) is 15.0. The summed E-state index contributed by atoms with van der Waals surface area (Å²) in [5, 5.41) is 9.45. The largest absolute Gasteiger partial charge is 0.395 e. The van der Waals surface area contributed by atoms with Crippen LogP contribution in [0.15, 0.2) is 18.5 Å². The van der Waals surface area contributed by atoms with Gasteiger partial charge in [-0.15, -0.1) is 11.3 Å². The lowest BCUT2D eigenvalue weighted by atomic mass is 10.1. The van der Waals surface area contributed by atoms with E-state index in [9.17, 15) is 13.5 Å². The van der Waals surface area contributed by atoms with Crippen molar-refractivity contribution < 1.29 is 13.5 Å². The van der Waals surface area contributed by atoms with Crippen molar-refractivity contribution in [2.45, 2.75) is 36.6 Å². The van der Waals surface area contributed by atoms with Crippen LogP contribution >= 0.6 is 43.2 Å². The molecule has 2 heterocycles. The molecule has 2 rings (SSSR count). The highest BCUT2D eigenvalue weighted by Gasteiger charge is 2.34. The molecule has 1 aliphatic heterocycles. The summed E-state index contributed by atoms with van der Waals surface area (Å²) < 4.78 is 28.3. The van der Waals surface area contributed by atoms with Crippen LogP contribution in [0.2, 0.25) is 0 Å². The number of aliphatic hydroxyl groups is 1. The number of thiophene rings is 1. The highest BCUT2D eigenvalue weighted by Crippen LogP contribution is 2.37. The van der Waals surface area contributed by atoms with Crippen molar-refractivity contribution in [2.24, 2.45) is 0 Å². The SMILES string of the molecule is O=S(=O)(c1cc(Br)sc1Br)N1CCCCCC1CO. The van der Waals surface area contributed by atoms with E-state index in [0.29, 0.717) is 10.3 Å². The molecule has 0 radical (unpaired) electrons. The summed E-state index contributed by atoms with van der Waals surface area (Å²) in [5.41, 5.74) is 0. The van der Waals surface area contributed by atoms with Crippen molar-refractivity contribution in [2.75, 3.05) is 13.2 Å². The van der Waals surface area contributed by atoms with Crippen LogP contribution in [0.3, 0.4) is 0 Å². The number of rotatable bonds is 3. The van der Waals surface area contributed by atoms with Gasteiger partial charge in [-0.05, 0) is 50.8 Å². The Labute approximate surface area is 134 Å². The van der Waals surface area contributed by atoms with Crippen molar-refractivity contribution in [3.05, 3.63) is 13.6 Å². The summed E-state index contributed by atoms with van der Waals surface area (Å²) >= 11 is 7.94. The Morgan fingerprint density at radius 1 is 1.37 bits per heavy atom. The molecular weight excluding hydrogens is 418 g/mol. The second kappa shape index (κ2) is 6.53. The summed E-state index contributed by atoms with van der Waals surface area (Å²) in [4.78, 5) is 0.282. The number of aliphatic hydroxyl groups excluding tert-OH is 1. The summed E-state index contributed by atoms with van der Waals surface area (Å²) in [6, 6.07) is 1.31. The number of hydrogen-bond donors (Lipinski definition) is 1. The van der Waals surface area contributed by atoms with E-state index in [1.165, 1.54) is 15.6 Å². The lowest BCUT2D eigenvalue weighted by Crippen LogP contribution is -2.41. The Kier molecular flexibility index (Phi) is 5.47. The quantitative estimate of drug-likeness (QED) is 0.797. The van der Waals surface area contributed by atoms with Crippen molar-refractivity contribution >= 4 is 53.2 Å². The van der Waals surface area contributed by atoms with Crippen LogP contribution in [-0.4, -0.2) is 37.0 Å². The van der Waals surface area contributed by atoms with E-state index in [2.05, 4.69) is 31.9 Å². The van der Waals surface area contributed by atoms with Crippen molar-refractivity contribution in [1.29, 1.82) is 0 Å². The molecule has 0 aliphatic carbocycles. The van der Waals surface area contributed by atoms with Crippen LogP contribution in [0.25, 0.3) is 0 Å². The van der Waals surface area contributed by atoms with Crippen molar-refractivity contribution in [3.8, 4) is 0 Å². The van der Waals surface area contributed by atoms with E-state index in [1.807, 2.05) is 0 Å². The van der Waals surface area contributed by atoms with Crippen molar-refractivity contribution in [3.63, 3.8) is 0 Å². The number of nitrogens with zero attached hydrogens (tertiary/aromatic N) is 1. The fraction of sp³-hybridized carbons (Fsp3) is 0.636. The van der Waals surface area contributed by atoms with Crippen LogP contribution in [0.5, 0.6) is 0 Å². The minimum absolute atomic E-state index is 0.123. The maximum Gasteiger partial charge on any atom is 0.245 e. The summed E-state index contributed by atoms with van der Waals surface area (Å²) in [5.74, 6) is 0. The molecule has 1 aromatic rings. The summed E-state index contributed by atoms with van der Waals surface area (Å²) in [6.07, 6.45) is 3.54. The predicted octanol–water partition coefficient (Wildman–Crippen LogP) is 3.20. The number of sulfonamides is 1. The monoisotopic (exact) mass is 431 g/mol. The molecule has 1 N–H and O–H groups in total. The van der Waals surface area contributed by atoms with Crippen LogP contribution in [-0.2, 0) is 10.0 Å². The molecule has 1 saturated heterocycles. The average molecular weight is 433 g/mol. The zero-order chi connectivity index (χ0) is 14.0. The average Bonchev–Trinajstić information content (AvgIpc) is 2.59. The van der Waals surface area contributed by atoms with E-state index < -0.39 is 10.0 Å². The highest BCUT2D eigenvalue weighted by atomic mass is 79.9. The molecule has 0 amide bonds. The van der Waals surface area contributed by atoms with Gasteiger partial charge in [0, 0.05) is 12.6 Å². The van der Waals surface area contributed by atoms with Crippen LogP contribution in [0, 0.1) is 0 Å². The molecule has 0 bridgehead atoms. The van der Waals surface area contributed by atoms with Gasteiger partial charge < -0.3 is 5.11 Å². The van der Waals surface area contributed by atoms with E-state index in [0.717, 1.165) is 29.5 Å². The first-order chi connectivity index (χ1) is 8.96. The Morgan fingerprint density at radius 3 is 2.68 bits per heavy atom. The fourth-order valence-corrected chi connectivity index (χ4v) is 7.73. The van der Waals surface area contributed by atoms with Gasteiger partial charge in [-0.1, -0.05) is 12.8 Å². The van der Waals surface area contributed by atoms with E-state index >= 15 is 0 Å². The van der Waals surface area contributed by atoms with Crippen LogP contribution < -0.4 is 0 Å². The van der Waals surface area contributed by atoms with Gasteiger partial charge in [-0.2, -0.15) is 4.31 Å². The first-order valence-electron chi connectivity index (χ1n) is 6.04. The Balaban J connectivity index is 2.39. The molecule has 1 aromatic heterocycles. The van der Waals surface area contributed by atoms with Gasteiger partial charge in [0.25, 0.3) is 0 Å². The maximum atomic E-state index is 12.7. The number of halogens is 2. The number of hydrogen-bond acceptors (Lipinski definition) is 4. The molecule has 108 valence electrons. The van der Waals surface area contributed by atoms with E-state index in [1.54, 1.807) is 6.07 Å². The highest BCUT2D eigenvalue weighted by molar-refractivity contribution is 9.12. The topological polar surface area (TPSA) is 57.6 Å². The van der Waals surface area contributed by atoms with E-state index in [4.69, 9.17) is 0 Å². The molecular formula is C11H15Br2NO3S2. The van der Waals surface area contributed by atoms with Gasteiger partial charge in [0.15, 0.2) is 0 Å². The molecule has 0 saturated carbocycles. The minimum atomic E-state index is -3.55. The first-order valence-corrected chi connectivity index (χ1v) is 9.88. The Hall–Kier alpha value is 0.530. The van der Waals surface area contributed by atoms with Gasteiger partial charge >= 0.3 is 0 Å². The van der Waals surface area contributed by atoms with Crippen LogP contribution in [0.4, 0.5) is 0 Å².